The van der Waals surface area contributed by atoms with Gasteiger partial charge in [-0.2, -0.15) is 0 Å². The van der Waals surface area contributed by atoms with Gasteiger partial charge in [0.25, 0.3) is 6.43 Å². The van der Waals surface area contributed by atoms with E-state index in [1.165, 1.54) is 12.1 Å². The van der Waals surface area contributed by atoms with Crippen LogP contribution in [0.1, 0.15) is 51.3 Å². The maximum absolute atomic E-state index is 12.8. The van der Waals surface area contributed by atoms with Crippen LogP contribution in [0.5, 0.6) is 0 Å². The van der Waals surface area contributed by atoms with Crippen LogP contribution < -0.4 is 4.72 Å². The molecule has 19 heavy (non-hydrogen) atoms. The quantitative estimate of drug-likeness (QED) is 0.878. The topological polar surface area (TPSA) is 29.1 Å². The van der Waals surface area contributed by atoms with Gasteiger partial charge < -0.3 is 0 Å². The molecule has 0 spiro atoms. The Bertz CT molecular complexity index is 474. The van der Waals surface area contributed by atoms with E-state index in [0.717, 1.165) is 0 Å². The van der Waals surface area contributed by atoms with E-state index in [1.807, 2.05) is 20.8 Å². The summed E-state index contributed by atoms with van der Waals surface area (Å²) in [5, 5.41) is 0.0309. The van der Waals surface area contributed by atoms with E-state index >= 15 is 0 Å². The largest absolute Gasteiger partial charge is 0.265 e. The minimum Gasteiger partial charge on any atom is -0.242 e. The van der Waals surface area contributed by atoms with E-state index in [0.29, 0.717) is 5.56 Å². The standard InChI is InChI=1S/C13H18ClF2NOS/c1-8(17-19(18)13(2,3)4)9-6-5-7-10(11(9)14)12(15)16/h5-8,12,17H,1-4H3/t8-,19-/m1/s1. The molecule has 0 aliphatic rings. The van der Waals surface area contributed by atoms with Gasteiger partial charge in [0.05, 0.1) is 20.8 Å². The predicted octanol–water partition coefficient (Wildman–Crippen LogP) is 4.39. The number of halogens is 3. The van der Waals surface area contributed by atoms with Crippen LogP contribution in [0.2, 0.25) is 5.02 Å². The van der Waals surface area contributed by atoms with Crippen molar-refractivity contribution in [3.63, 3.8) is 0 Å². The lowest BCUT2D eigenvalue weighted by Crippen LogP contribution is -2.34. The fraction of sp³-hybridized carbons (Fsp3) is 0.538. The van der Waals surface area contributed by atoms with Crippen molar-refractivity contribution in [3.05, 3.63) is 34.3 Å². The van der Waals surface area contributed by atoms with Crippen molar-refractivity contribution in [2.75, 3.05) is 0 Å². The van der Waals surface area contributed by atoms with Crippen LogP contribution in [0.15, 0.2) is 18.2 Å². The van der Waals surface area contributed by atoms with Gasteiger partial charge >= 0.3 is 0 Å². The molecular weight excluding hydrogens is 292 g/mol. The smallest absolute Gasteiger partial charge is 0.242 e. The SMILES string of the molecule is C[C@@H](N[S@](=O)C(C)(C)C)c1cccc(C(F)F)c1Cl. The monoisotopic (exact) mass is 309 g/mol. The van der Waals surface area contributed by atoms with Crippen molar-refractivity contribution in [1.29, 1.82) is 0 Å². The highest BCUT2D eigenvalue weighted by Crippen LogP contribution is 2.33. The summed E-state index contributed by atoms with van der Waals surface area (Å²) in [6.45, 7) is 7.25. The third-order valence-corrected chi connectivity index (χ3v) is 4.72. The molecule has 1 aromatic rings. The Balaban J connectivity index is 2.98. The lowest BCUT2D eigenvalue weighted by atomic mass is 10.1. The van der Waals surface area contributed by atoms with Gasteiger partial charge in [0.1, 0.15) is 0 Å². The van der Waals surface area contributed by atoms with Crippen LogP contribution in [0, 0.1) is 0 Å². The first-order chi connectivity index (χ1) is 8.64. The number of hydrogen-bond acceptors (Lipinski definition) is 1. The second kappa shape index (κ2) is 6.29. The summed E-state index contributed by atoms with van der Waals surface area (Å²) < 4.78 is 40.0. The fourth-order valence-corrected chi connectivity index (χ4v) is 2.65. The molecule has 108 valence electrons. The molecule has 0 radical (unpaired) electrons. The van der Waals surface area contributed by atoms with Crippen molar-refractivity contribution in [1.82, 2.24) is 4.72 Å². The average molecular weight is 310 g/mol. The molecule has 0 bridgehead atoms. The third kappa shape index (κ3) is 4.23. The molecule has 0 saturated heterocycles. The van der Waals surface area contributed by atoms with E-state index in [9.17, 15) is 13.0 Å². The summed E-state index contributed by atoms with van der Waals surface area (Å²) in [6.07, 6.45) is -2.62. The van der Waals surface area contributed by atoms with Gasteiger partial charge in [-0.05, 0) is 33.3 Å². The molecule has 1 aromatic carbocycles. The summed E-state index contributed by atoms with van der Waals surface area (Å²) in [4.78, 5) is 0. The maximum atomic E-state index is 12.8. The van der Waals surface area contributed by atoms with E-state index in [-0.39, 0.29) is 16.6 Å². The molecule has 2 atom stereocenters. The van der Waals surface area contributed by atoms with E-state index in [2.05, 4.69) is 4.72 Å². The van der Waals surface area contributed by atoms with E-state index < -0.39 is 22.2 Å². The minimum absolute atomic E-state index is 0.0309. The summed E-state index contributed by atoms with van der Waals surface area (Å²) >= 11 is 5.98. The molecule has 0 unspecified atom stereocenters. The van der Waals surface area contributed by atoms with Gasteiger partial charge in [-0.25, -0.2) is 17.7 Å². The number of alkyl halides is 2. The summed E-state index contributed by atoms with van der Waals surface area (Å²) in [7, 11) is -1.29. The van der Waals surface area contributed by atoms with Crippen LogP contribution in [0.25, 0.3) is 0 Å². The highest BCUT2D eigenvalue weighted by molar-refractivity contribution is 7.84. The van der Waals surface area contributed by atoms with Gasteiger partial charge in [0, 0.05) is 11.6 Å². The first kappa shape index (κ1) is 16.5. The number of nitrogens with one attached hydrogen (secondary N) is 1. The van der Waals surface area contributed by atoms with Gasteiger partial charge in [-0.15, -0.1) is 0 Å². The highest BCUT2D eigenvalue weighted by Gasteiger charge is 2.24. The minimum atomic E-state index is -2.62. The van der Waals surface area contributed by atoms with Gasteiger partial charge in [-0.3, -0.25) is 0 Å². The van der Waals surface area contributed by atoms with Gasteiger partial charge in [0.15, 0.2) is 0 Å². The van der Waals surface area contributed by atoms with E-state index in [1.54, 1.807) is 13.0 Å². The molecule has 0 saturated carbocycles. The lowest BCUT2D eigenvalue weighted by Gasteiger charge is -2.23. The average Bonchev–Trinajstić information content (AvgIpc) is 2.27. The molecule has 1 rings (SSSR count). The Morgan fingerprint density at radius 2 is 1.79 bits per heavy atom. The predicted molar refractivity (Wildman–Crippen MR) is 75.9 cm³/mol. The van der Waals surface area contributed by atoms with Crippen molar-refractivity contribution in [3.8, 4) is 0 Å². The van der Waals surface area contributed by atoms with Crippen molar-refractivity contribution < 1.29 is 13.0 Å². The molecule has 0 fully saturated rings. The molecule has 0 aromatic heterocycles. The molecule has 0 aliphatic carbocycles. The van der Waals surface area contributed by atoms with Crippen LogP contribution in [-0.4, -0.2) is 8.96 Å². The zero-order valence-electron chi connectivity index (χ0n) is 11.3. The van der Waals surface area contributed by atoms with Crippen LogP contribution >= 0.6 is 11.6 Å². The Kier molecular flexibility index (Phi) is 5.47. The van der Waals surface area contributed by atoms with Crippen molar-refractivity contribution in [2.45, 2.75) is 44.9 Å². The molecule has 6 heteroatoms. The zero-order valence-corrected chi connectivity index (χ0v) is 12.9. The molecule has 0 heterocycles. The second-order valence-electron chi connectivity index (χ2n) is 5.27. The Morgan fingerprint density at radius 3 is 2.26 bits per heavy atom. The number of hydrogen-bond donors (Lipinski definition) is 1. The molecule has 2 nitrogen and oxygen atoms in total. The number of benzene rings is 1. The number of rotatable bonds is 4. The van der Waals surface area contributed by atoms with Gasteiger partial charge in [-0.1, -0.05) is 29.8 Å². The molecule has 1 N–H and O–H groups in total. The first-order valence-electron chi connectivity index (χ1n) is 5.89. The zero-order chi connectivity index (χ0) is 14.8. The lowest BCUT2D eigenvalue weighted by molar-refractivity contribution is 0.151. The van der Waals surface area contributed by atoms with Crippen LogP contribution in [-0.2, 0) is 11.0 Å². The Labute approximate surface area is 120 Å². The summed E-state index contributed by atoms with van der Waals surface area (Å²) in [5.74, 6) is 0. The Hall–Kier alpha value is -0.520. The first-order valence-corrected chi connectivity index (χ1v) is 7.42. The third-order valence-electron chi connectivity index (χ3n) is 2.60. The summed E-state index contributed by atoms with van der Waals surface area (Å²) in [5.41, 5.74) is 0.325. The molecular formula is C13H18ClF2NOS. The van der Waals surface area contributed by atoms with Crippen molar-refractivity contribution in [2.24, 2.45) is 0 Å². The molecule has 0 amide bonds. The highest BCUT2D eigenvalue weighted by atomic mass is 35.5. The molecule has 0 aliphatic heterocycles. The van der Waals surface area contributed by atoms with Crippen LogP contribution in [0.3, 0.4) is 0 Å². The summed E-state index contributed by atoms with van der Waals surface area (Å²) in [6, 6.07) is 4.11. The normalized spacial score (nSPS) is 15.6. The van der Waals surface area contributed by atoms with Gasteiger partial charge in [0.2, 0.25) is 0 Å². The maximum Gasteiger partial charge on any atom is 0.265 e. The Morgan fingerprint density at radius 1 is 1.26 bits per heavy atom. The van der Waals surface area contributed by atoms with Crippen LogP contribution in [0.4, 0.5) is 8.78 Å². The van der Waals surface area contributed by atoms with Crippen molar-refractivity contribution >= 4 is 22.6 Å². The van der Waals surface area contributed by atoms with E-state index in [4.69, 9.17) is 11.6 Å². The second-order valence-corrected chi connectivity index (χ2v) is 7.65. The fourth-order valence-electron chi connectivity index (χ4n) is 1.47.